The summed E-state index contributed by atoms with van der Waals surface area (Å²) >= 11 is 0. The minimum absolute atomic E-state index is 0.168. The van der Waals surface area contributed by atoms with E-state index < -0.39 is 5.97 Å². The number of nitrogens with zero attached hydrogens (tertiary/aromatic N) is 1. The number of carboxylic acids is 1. The molecule has 1 rings (SSSR count). The lowest BCUT2D eigenvalue weighted by molar-refractivity contribution is -0.147. The van der Waals surface area contributed by atoms with Gasteiger partial charge in [-0.15, -0.1) is 0 Å². The van der Waals surface area contributed by atoms with Crippen LogP contribution in [0, 0.1) is 5.41 Å². The zero-order chi connectivity index (χ0) is 12.2. The van der Waals surface area contributed by atoms with E-state index in [2.05, 4.69) is 4.98 Å². The largest absolute Gasteiger partial charge is 0.480 e. The summed E-state index contributed by atoms with van der Waals surface area (Å²) in [6, 6.07) is 3.71. The van der Waals surface area contributed by atoms with Crippen LogP contribution < -0.4 is 0 Å². The molecule has 16 heavy (non-hydrogen) atoms. The number of hydrogen-bond donors (Lipinski definition) is 1. The number of ether oxygens (including phenoxy) is 1. The smallest absolute Gasteiger partial charge is 0.329 e. The first-order valence-corrected chi connectivity index (χ1v) is 5.14. The fourth-order valence-electron chi connectivity index (χ4n) is 1.53. The molecule has 1 heterocycles. The summed E-state index contributed by atoms with van der Waals surface area (Å²) in [6.07, 6.45) is 3.12. The van der Waals surface area contributed by atoms with Crippen molar-refractivity contribution in [2.75, 3.05) is 6.61 Å². The van der Waals surface area contributed by atoms with Crippen molar-refractivity contribution in [3.05, 3.63) is 30.1 Å². The van der Waals surface area contributed by atoms with Gasteiger partial charge in [-0.05, 0) is 17.0 Å². The Morgan fingerprint density at radius 2 is 2.25 bits per heavy atom. The monoisotopic (exact) mass is 223 g/mol. The van der Waals surface area contributed by atoms with Crippen LogP contribution in [0.5, 0.6) is 0 Å². The van der Waals surface area contributed by atoms with Crippen molar-refractivity contribution >= 4 is 5.97 Å². The van der Waals surface area contributed by atoms with Crippen LogP contribution in [0.15, 0.2) is 24.5 Å². The molecule has 4 heteroatoms. The lowest BCUT2D eigenvalue weighted by Crippen LogP contribution is -2.24. The van der Waals surface area contributed by atoms with Gasteiger partial charge >= 0.3 is 5.97 Å². The minimum Gasteiger partial charge on any atom is -0.480 e. The highest BCUT2D eigenvalue weighted by Gasteiger charge is 2.27. The van der Waals surface area contributed by atoms with Crippen LogP contribution in [0.25, 0.3) is 0 Å². The van der Waals surface area contributed by atoms with Gasteiger partial charge in [-0.1, -0.05) is 26.8 Å². The van der Waals surface area contributed by atoms with Crippen molar-refractivity contribution in [2.24, 2.45) is 5.41 Å². The zero-order valence-corrected chi connectivity index (χ0v) is 9.80. The zero-order valence-electron chi connectivity index (χ0n) is 9.80. The van der Waals surface area contributed by atoms with E-state index in [4.69, 9.17) is 9.84 Å². The molecule has 1 aromatic heterocycles. The molecule has 0 saturated heterocycles. The van der Waals surface area contributed by atoms with Crippen molar-refractivity contribution in [3.63, 3.8) is 0 Å². The molecule has 88 valence electrons. The molecular weight excluding hydrogens is 206 g/mol. The second kappa shape index (κ2) is 5.07. The Balaban J connectivity index is 2.84. The highest BCUT2D eigenvalue weighted by Crippen LogP contribution is 2.35. The Bertz CT molecular complexity index is 343. The van der Waals surface area contributed by atoms with Gasteiger partial charge in [-0.25, -0.2) is 4.79 Å². The van der Waals surface area contributed by atoms with Crippen LogP contribution in [-0.2, 0) is 9.53 Å². The van der Waals surface area contributed by atoms with E-state index in [0.717, 1.165) is 5.56 Å². The third-order valence-electron chi connectivity index (χ3n) is 2.15. The van der Waals surface area contributed by atoms with E-state index in [1.165, 1.54) is 0 Å². The third kappa shape index (κ3) is 3.62. The van der Waals surface area contributed by atoms with Gasteiger partial charge in [0.05, 0.1) is 6.10 Å². The maximum atomic E-state index is 10.5. The molecule has 0 fully saturated rings. The van der Waals surface area contributed by atoms with Crippen molar-refractivity contribution in [1.82, 2.24) is 4.98 Å². The normalized spacial score (nSPS) is 13.4. The Hall–Kier alpha value is -1.42. The first-order valence-electron chi connectivity index (χ1n) is 5.14. The summed E-state index contributed by atoms with van der Waals surface area (Å²) in [5, 5.41) is 8.63. The van der Waals surface area contributed by atoms with Crippen LogP contribution in [0.2, 0.25) is 0 Å². The van der Waals surface area contributed by atoms with Gasteiger partial charge in [0.2, 0.25) is 0 Å². The van der Waals surface area contributed by atoms with E-state index >= 15 is 0 Å². The van der Waals surface area contributed by atoms with E-state index in [9.17, 15) is 4.79 Å². The SMILES string of the molecule is CC(C)(C)C(OCC(=O)O)c1cccnc1. The number of carboxylic acid groups (broad SMARTS) is 1. The van der Waals surface area contributed by atoms with Crippen LogP contribution in [-0.4, -0.2) is 22.7 Å². The minimum atomic E-state index is -0.960. The predicted octanol–water partition coefficient (Wildman–Crippen LogP) is 2.27. The molecule has 4 nitrogen and oxygen atoms in total. The summed E-state index contributed by atoms with van der Waals surface area (Å²) in [4.78, 5) is 14.5. The lowest BCUT2D eigenvalue weighted by atomic mass is 9.85. The number of pyridine rings is 1. The van der Waals surface area contributed by atoms with Crippen LogP contribution in [0.1, 0.15) is 32.4 Å². The summed E-state index contributed by atoms with van der Waals surface area (Å²) in [6.45, 7) is 5.72. The molecule has 1 unspecified atom stereocenters. The molecule has 1 atom stereocenters. The summed E-state index contributed by atoms with van der Waals surface area (Å²) in [5.41, 5.74) is 0.731. The van der Waals surface area contributed by atoms with Gasteiger partial charge < -0.3 is 9.84 Å². The molecule has 1 aromatic rings. The molecule has 0 bridgehead atoms. The summed E-state index contributed by atoms with van der Waals surface area (Å²) < 4.78 is 5.41. The van der Waals surface area contributed by atoms with Gasteiger partial charge in [0, 0.05) is 12.4 Å². The standard InChI is InChI=1S/C12H17NO3/c1-12(2,3)11(16-8-10(14)15)9-5-4-6-13-7-9/h4-7,11H,8H2,1-3H3,(H,14,15). The van der Waals surface area contributed by atoms with E-state index in [0.29, 0.717) is 0 Å². The number of aromatic nitrogens is 1. The molecule has 0 radical (unpaired) electrons. The first kappa shape index (κ1) is 12.6. The molecule has 0 aliphatic heterocycles. The molecule has 0 spiro atoms. The number of rotatable bonds is 4. The van der Waals surface area contributed by atoms with E-state index in [1.54, 1.807) is 12.4 Å². The van der Waals surface area contributed by atoms with Gasteiger partial charge in [-0.3, -0.25) is 4.98 Å². The molecule has 0 amide bonds. The molecule has 0 aliphatic carbocycles. The number of hydrogen-bond acceptors (Lipinski definition) is 3. The summed E-state index contributed by atoms with van der Waals surface area (Å²) in [5.74, 6) is -0.960. The van der Waals surface area contributed by atoms with E-state index in [-0.39, 0.29) is 18.1 Å². The van der Waals surface area contributed by atoms with Crippen molar-refractivity contribution < 1.29 is 14.6 Å². The van der Waals surface area contributed by atoms with Gasteiger partial charge in [0.25, 0.3) is 0 Å². The average molecular weight is 223 g/mol. The van der Waals surface area contributed by atoms with Crippen LogP contribution >= 0.6 is 0 Å². The maximum Gasteiger partial charge on any atom is 0.329 e. The van der Waals surface area contributed by atoms with Crippen molar-refractivity contribution in [3.8, 4) is 0 Å². The Kier molecular flexibility index (Phi) is 4.01. The molecule has 0 aliphatic rings. The molecular formula is C12H17NO3. The quantitative estimate of drug-likeness (QED) is 0.850. The average Bonchev–Trinajstić information content (AvgIpc) is 2.17. The molecule has 1 N–H and O–H groups in total. The lowest BCUT2D eigenvalue weighted by Gasteiger charge is -2.30. The first-order chi connectivity index (χ1) is 7.41. The number of carbonyl (C=O) groups is 1. The second-order valence-corrected chi connectivity index (χ2v) is 4.74. The Morgan fingerprint density at radius 3 is 2.69 bits per heavy atom. The second-order valence-electron chi connectivity index (χ2n) is 4.74. The molecule has 0 saturated carbocycles. The third-order valence-corrected chi connectivity index (χ3v) is 2.15. The van der Waals surface area contributed by atoms with Crippen molar-refractivity contribution in [1.29, 1.82) is 0 Å². The van der Waals surface area contributed by atoms with Gasteiger partial charge in [0.1, 0.15) is 6.61 Å². The van der Waals surface area contributed by atoms with Crippen LogP contribution in [0.4, 0.5) is 0 Å². The highest BCUT2D eigenvalue weighted by molar-refractivity contribution is 5.68. The van der Waals surface area contributed by atoms with Crippen molar-refractivity contribution in [2.45, 2.75) is 26.9 Å². The van der Waals surface area contributed by atoms with E-state index in [1.807, 2.05) is 32.9 Å². The highest BCUT2D eigenvalue weighted by atomic mass is 16.5. The topological polar surface area (TPSA) is 59.4 Å². The predicted molar refractivity (Wildman–Crippen MR) is 60.0 cm³/mol. The van der Waals surface area contributed by atoms with Gasteiger partial charge in [-0.2, -0.15) is 0 Å². The maximum absolute atomic E-state index is 10.5. The Morgan fingerprint density at radius 1 is 1.56 bits per heavy atom. The van der Waals surface area contributed by atoms with Crippen LogP contribution in [0.3, 0.4) is 0 Å². The fraction of sp³-hybridized carbons (Fsp3) is 0.500. The van der Waals surface area contributed by atoms with Gasteiger partial charge in [0.15, 0.2) is 0 Å². The number of aliphatic carboxylic acids is 1. The Labute approximate surface area is 95.3 Å². The summed E-state index contributed by atoms with van der Waals surface area (Å²) in [7, 11) is 0. The fourth-order valence-corrected chi connectivity index (χ4v) is 1.53. The molecule has 0 aromatic carbocycles.